The van der Waals surface area contributed by atoms with Crippen molar-refractivity contribution < 1.29 is 9.18 Å². The minimum absolute atomic E-state index is 0. The van der Waals surface area contributed by atoms with Crippen molar-refractivity contribution in [2.24, 2.45) is 7.05 Å². The third-order valence-corrected chi connectivity index (χ3v) is 4.08. The number of piperidine rings is 1. The number of carbonyl (C=O) groups is 1. The van der Waals surface area contributed by atoms with Crippen LogP contribution in [0, 0.1) is 12.7 Å². The molecule has 0 bridgehead atoms. The van der Waals surface area contributed by atoms with Gasteiger partial charge in [0.05, 0.1) is 5.56 Å². The molecule has 2 heterocycles. The van der Waals surface area contributed by atoms with Gasteiger partial charge in [-0.15, -0.1) is 12.4 Å². The number of aromatic nitrogens is 3. The number of rotatable bonds is 3. The molecule has 0 radical (unpaired) electrons. The molecule has 24 heavy (non-hydrogen) atoms. The number of hydrogen-bond donors (Lipinski definition) is 2. The van der Waals surface area contributed by atoms with Crippen LogP contribution in [0.4, 0.5) is 10.3 Å². The molecule has 1 aromatic heterocycles. The van der Waals surface area contributed by atoms with Gasteiger partial charge in [-0.05, 0) is 45.0 Å². The van der Waals surface area contributed by atoms with Crippen molar-refractivity contribution in [1.29, 1.82) is 0 Å². The van der Waals surface area contributed by atoms with Crippen LogP contribution in [0.15, 0.2) is 18.2 Å². The lowest BCUT2D eigenvalue weighted by Crippen LogP contribution is -2.27. The van der Waals surface area contributed by atoms with E-state index in [1.807, 2.05) is 6.92 Å². The summed E-state index contributed by atoms with van der Waals surface area (Å²) in [5.41, 5.74) is 0.835. The number of nitrogens with zero attached hydrogens (tertiary/aromatic N) is 3. The minimum Gasteiger partial charge on any atom is -0.317 e. The summed E-state index contributed by atoms with van der Waals surface area (Å²) < 4.78 is 15.3. The second-order valence-corrected chi connectivity index (χ2v) is 5.88. The molecule has 0 atom stereocenters. The first-order valence-electron chi connectivity index (χ1n) is 7.74. The first-order valence-corrected chi connectivity index (χ1v) is 7.74. The maximum absolute atomic E-state index is 13.8. The van der Waals surface area contributed by atoms with E-state index in [1.54, 1.807) is 13.1 Å². The standard InChI is InChI=1S/C16H20FN5O.ClH/c1-10-3-4-13(17)12(9-10)15(23)20-16-19-14(21-22(16)2)11-5-7-18-8-6-11;/h3-4,9,11,18H,5-8H2,1-2H3,(H,19,20,21,23);1H. The molecule has 1 saturated heterocycles. The Balaban J connectivity index is 0.00000208. The van der Waals surface area contributed by atoms with Gasteiger partial charge in [-0.25, -0.2) is 9.07 Å². The largest absolute Gasteiger partial charge is 0.317 e. The molecule has 6 nitrogen and oxygen atoms in total. The Morgan fingerprint density at radius 2 is 2.08 bits per heavy atom. The van der Waals surface area contributed by atoms with Crippen LogP contribution in [-0.4, -0.2) is 33.8 Å². The van der Waals surface area contributed by atoms with E-state index in [9.17, 15) is 9.18 Å². The van der Waals surface area contributed by atoms with Crippen LogP contribution in [0.5, 0.6) is 0 Å². The lowest BCUT2D eigenvalue weighted by molar-refractivity contribution is 0.102. The molecule has 0 unspecified atom stereocenters. The van der Waals surface area contributed by atoms with Crippen molar-refractivity contribution in [2.75, 3.05) is 18.4 Å². The highest BCUT2D eigenvalue weighted by Crippen LogP contribution is 2.23. The van der Waals surface area contributed by atoms with Gasteiger partial charge in [0.25, 0.3) is 5.91 Å². The summed E-state index contributed by atoms with van der Waals surface area (Å²) in [6.07, 6.45) is 1.95. The number of amides is 1. The lowest BCUT2D eigenvalue weighted by atomic mass is 9.98. The third-order valence-electron chi connectivity index (χ3n) is 4.08. The predicted octanol–water partition coefficient (Wildman–Crippen LogP) is 2.40. The fourth-order valence-corrected chi connectivity index (χ4v) is 2.75. The first-order chi connectivity index (χ1) is 11.0. The van der Waals surface area contributed by atoms with E-state index < -0.39 is 11.7 Å². The molecular weight excluding hydrogens is 333 g/mol. The summed E-state index contributed by atoms with van der Waals surface area (Å²) >= 11 is 0. The molecule has 0 saturated carbocycles. The summed E-state index contributed by atoms with van der Waals surface area (Å²) in [6.45, 7) is 3.70. The molecule has 1 amide bonds. The van der Waals surface area contributed by atoms with Crippen molar-refractivity contribution in [1.82, 2.24) is 20.1 Å². The first kappa shape index (κ1) is 18.4. The van der Waals surface area contributed by atoms with E-state index >= 15 is 0 Å². The fraction of sp³-hybridized carbons (Fsp3) is 0.438. The topological polar surface area (TPSA) is 71.8 Å². The van der Waals surface area contributed by atoms with E-state index in [-0.39, 0.29) is 18.0 Å². The molecule has 2 aromatic rings. The Morgan fingerprint density at radius 3 is 2.79 bits per heavy atom. The number of carbonyl (C=O) groups excluding carboxylic acids is 1. The highest BCUT2D eigenvalue weighted by atomic mass is 35.5. The number of benzene rings is 1. The zero-order chi connectivity index (χ0) is 16.4. The molecule has 8 heteroatoms. The van der Waals surface area contributed by atoms with Gasteiger partial charge in [-0.1, -0.05) is 11.6 Å². The van der Waals surface area contributed by atoms with Crippen molar-refractivity contribution in [2.45, 2.75) is 25.7 Å². The van der Waals surface area contributed by atoms with E-state index in [2.05, 4.69) is 20.7 Å². The van der Waals surface area contributed by atoms with E-state index in [4.69, 9.17) is 0 Å². The maximum Gasteiger partial charge on any atom is 0.260 e. The summed E-state index contributed by atoms with van der Waals surface area (Å²) in [7, 11) is 1.72. The van der Waals surface area contributed by atoms with Crippen LogP contribution in [0.1, 0.15) is 40.5 Å². The third kappa shape index (κ3) is 3.91. The molecule has 130 valence electrons. The van der Waals surface area contributed by atoms with E-state index in [0.29, 0.717) is 11.9 Å². The number of hydrogen-bond acceptors (Lipinski definition) is 4. The lowest BCUT2D eigenvalue weighted by Gasteiger charge is -2.19. The number of halogens is 2. The molecule has 1 aromatic carbocycles. The predicted molar refractivity (Wildman–Crippen MR) is 92.2 cm³/mol. The molecule has 0 aliphatic carbocycles. The van der Waals surface area contributed by atoms with Gasteiger partial charge < -0.3 is 5.32 Å². The summed E-state index contributed by atoms with van der Waals surface area (Å²) in [5.74, 6) is 0.301. The van der Waals surface area contributed by atoms with Gasteiger partial charge in [-0.3, -0.25) is 10.1 Å². The van der Waals surface area contributed by atoms with Crippen LogP contribution in [0.25, 0.3) is 0 Å². The summed E-state index contributed by atoms with van der Waals surface area (Å²) in [6, 6.07) is 4.44. The Morgan fingerprint density at radius 1 is 1.38 bits per heavy atom. The smallest absolute Gasteiger partial charge is 0.260 e. The van der Waals surface area contributed by atoms with E-state index in [0.717, 1.165) is 37.3 Å². The Kier molecular flexibility index (Phi) is 5.90. The molecule has 1 aliphatic rings. The molecule has 2 N–H and O–H groups in total. The second kappa shape index (κ2) is 7.72. The molecule has 1 fully saturated rings. The molecule has 3 rings (SSSR count). The quantitative estimate of drug-likeness (QED) is 0.888. The monoisotopic (exact) mass is 353 g/mol. The van der Waals surface area contributed by atoms with Gasteiger partial charge in [0.15, 0.2) is 5.82 Å². The van der Waals surface area contributed by atoms with Crippen molar-refractivity contribution in [3.63, 3.8) is 0 Å². The number of nitrogens with one attached hydrogen (secondary N) is 2. The molecule has 0 spiro atoms. The van der Waals surface area contributed by atoms with Gasteiger partial charge in [0.1, 0.15) is 5.82 Å². The molecule has 1 aliphatic heterocycles. The van der Waals surface area contributed by atoms with Crippen LogP contribution >= 0.6 is 12.4 Å². The van der Waals surface area contributed by atoms with Gasteiger partial charge in [0.2, 0.25) is 5.95 Å². The number of aryl methyl sites for hydroxylation is 2. The van der Waals surface area contributed by atoms with Crippen molar-refractivity contribution >= 4 is 24.3 Å². The average Bonchev–Trinajstić information content (AvgIpc) is 2.91. The highest BCUT2D eigenvalue weighted by Gasteiger charge is 2.22. The Hall–Kier alpha value is -1.99. The molecular formula is C16H21ClFN5O. The summed E-state index contributed by atoms with van der Waals surface area (Å²) in [5, 5.41) is 10.3. The normalized spacial score (nSPS) is 15.0. The fourth-order valence-electron chi connectivity index (χ4n) is 2.75. The van der Waals surface area contributed by atoms with Gasteiger partial charge in [0, 0.05) is 13.0 Å². The van der Waals surface area contributed by atoms with Gasteiger partial charge in [-0.2, -0.15) is 10.1 Å². The van der Waals surface area contributed by atoms with Gasteiger partial charge >= 0.3 is 0 Å². The van der Waals surface area contributed by atoms with Crippen LogP contribution in [0.3, 0.4) is 0 Å². The van der Waals surface area contributed by atoms with Crippen LogP contribution in [-0.2, 0) is 7.05 Å². The SMILES string of the molecule is Cc1ccc(F)c(C(=O)Nc2nc(C3CCNCC3)nn2C)c1.Cl. The van der Waals surface area contributed by atoms with E-state index in [1.165, 1.54) is 16.8 Å². The Labute approximate surface area is 146 Å². The Bertz CT molecular complexity index is 727. The average molecular weight is 354 g/mol. The zero-order valence-electron chi connectivity index (χ0n) is 13.7. The number of anilines is 1. The maximum atomic E-state index is 13.8. The van der Waals surface area contributed by atoms with Crippen molar-refractivity contribution in [3.05, 3.63) is 41.0 Å². The van der Waals surface area contributed by atoms with Crippen LogP contribution < -0.4 is 10.6 Å². The van der Waals surface area contributed by atoms with Crippen molar-refractivity contribution in [3.8, 4) is 0 Å². The highest BCUT2D eigenvalue weighted by molar-refractivity contribution is 6.03. The summed E-state index contributed by atoms with van der Waals surface area (Å²) in [4.78, 5) is 16.7. The zero-order valence-corrected chi connectivity index (χ0v) is 14.5. The minimum atomic E-state index is -0.547. The van der Waals surface area contributed by atoms with Crippen LogP contribution in [0.2, 0.25) is 0 Å². The second-order valence-electron chi connectivity index (χ2n) is 5.88.